The molecule has 0 aliphatic heterocycles. The van der Waals surface area contributed by atoms with Gasteiger partial charge in [0.2, 0.25) is 0 Å². The molecule has 6 nitrogen and oxygen atoms in total. The number of hydrogen-bond acceptors (Lipinski definition) is 6. The molecule has 2 N–H and O–H groups in total. The van der Waals surface area contributed by atoms with Gasteiger partial charge in [0.25, 0.3) is 0 Å². The summed E-state index contributed by atoms with van der Waals surface area (Å²) in [5, 5.41) is 19.6. The van der Waals surface area contributed by atoms with Crippen molar-refractivity contribution in [2.24, 2.45) is 0 Å². The van der Waals surface area contributed by atoms with Crippen LogP contribution in [0.15, 0.2) is 18.2 Å². The van der Waals surface area contributed by atoms with Crippen molar-refractivity contribution in [2.45, 2.75) is 19.1 Å². The molecule has 2 atom stereocenters. The first-order chi connectivity index (χ1) is 8.92. The van der Waals surface area contributed by atoms with Crippen molar-refractivity contribution in [3.63, 3.8) is 0 Å². The van der Waals surface area contributed by atoms with Gasteiger partial charge in [-0.3, -0.25) is 0 Å². The van der Waals surface area contributed by atoms with Gasteiger partial charge in [-0.15, -0.1) is 0 Å². The number of carbonyl (C=O) groups is 2. The molecule has 0 bridgehead atoms. The summed E-state index contributed by atoms with van der Waals surface area (Å²) in [7, 11) is 2.30. The lowest BCUT2D eigenvalue weighted by Crippen LogP contribution is -2.30. The molecule has 1 aromatic carbocycles. The van der Waals surface area contributed by atoms with Gasteiger partial charge in [-0.1, -0.05) is 17.7 Å². The van der Waals surface area contributed by atoms with E-state index in [9.17, 15) is 19.8 Å². The lowest BCUT2D eigenvalue weighted by atomic mass is 9.96. The molecule has 1 rings (SSSR count). The molecule has 104 valence electrons. The largest absolute Gasteiger partial charge is 0.467 e. The first-order valence-electron chi connectivity index (χ1n) is 5.55. The van der Waals surface area contributed by atoms with Crippen LogP contribution >= 0.6 is 0 Å². The third-order valence-electron chi connectivity index (χ3n) is 2.67. The highest BCUT2D eigenvalue weighted by Crippen LogP contribution is 2.24. The minimum Gasteiger partial charge on any atom is -0.467 e. The third-order valence-corrected chi connectivity index (χ3v) is 2.67. The van der Waals surface area contributed by atoms with Gasteiger partial charge >= 0.3 is 11.9 Å². The van der Waals surface area contributed by atoms with Crippen LogP contribution in [-0.2, 0) is 14.3 Å². The van der Waals surface area contributed by atoms with E-state index >= 15 is 0 Å². The van der Waals surface area contributed by atoms with Crippen molar-refractivity contribution >= 4 is 11.9 Å². The van der Waals surface area contributed by atoms with Crippen molar-refractivity contribution in [3.05, 3.63) is 34.9 Å². The van der Waals surface area contributed by atoms with Crippen LogP contribution in [0, 0.1) is 6.92 Å². The van der Waals surface area contributed by atoms with Crippen molar-refractivity contribution in [2.75, 3.05) is 14.2 Å². The molecule has 0 saturated carbocycles. The van der Waals surface area contributed by atoms with Crippen LogP contribution in [0.3, 0.4) is 0 Å². The molecule has 19 heavy (non-hydrogen) atoms. The highest BCUT2D eigenvalue weighted by Gasteiger charge is 2.29. The lowest BCUT2D eigenvalue weighted by molar-refractivity contribution is -0.156. The molecule has 0 amide bonds. The quantitative estimate of drug-likeness (QED) is 0.765. The molecule has 0 radical (unpaired) electrons. The second kappa shape index (κ2) is 6.31. The summed E-state index contributed by atoms with van der Waals surface area (Å²) in [5.41, 5.74) is 0.965. The van der Waals surface area contributed by atoms with Crippen molar-refractivity contribution in [3.8, 4) is 0 Å². The summed E-state index contributed by atoms with van der Waals surface area (Å²) in [5.74, 6) is -1.64. The number of aliphatic hydroxyl groups is 2. The Morgan fingerprint density at radius 1 is 1.16 bits per heavy atom. The van der Waals surface area contributed by atoms with Crippen LogP contribution in [-0.4, -0.2) is 42.5 Å². The van der Waals surface area contributed by atoms with Gasteiger partial charge in [0, 0.05) is 0 Å². The second-order valence-corrected chi connectivity index (χ2v) is 4.00. The summed E-state index contributed by atoms with van der Waals surface area (Å²) < 4.78 is 8.93. The van der Waals surface area contributed by atoms with Crippen molar-refractivity contribution in [1.82, 2.24) is 0 Å². The summed E-state index contributed by atoms with van der Waals surface area (Å²) in [4.78, 5) is 22.8. The molecule has 2 unspecified atom stereocenters. The number of aryl methyl sites for hydroxylation is 1. The predicted molar refractivity (Wildman–Crippen MR) is 65.5 cm³/mol. The molecule has 1 aromatic rings. The highest BCUT2D eigenvalue weighted by atomic mass is 16.5. The Morgan fingerprint density at radius 3 is 2.32 bits per heavy atom. The topological polar surface area (TPSA) is 93.1 Å². The maximum absolute atomic E-state index is 11.6. The SMILES string of the molecule is COC(=O)c1ccc(C)cc1C(O)C(O)C(=O)OC. The van der Waals surface area contributed by atoms with E-state index < -0.39 is 24.1 Å². The van der Waals surface area contributed by atoms with Crippen molar-refractivity contribution < 1.29 is 29.3 Å². The monoisotopic (exact) mass is 268 g/mol. The zero-order chi connectivity index (χ0) is 14.6. The van der Waals surface area contributed by atoms with Crippen LogP contribution in [0.5, 0.6) is 0 Å². The fourth-order valence-corrected chi connectivity index (χ4v) is 1.64. The maximum atomic E-state index is 11.6. The summed E-state index contributed by atoms with van der Waals surface area (Å²) >= 11 is 0. The Morgan fingerprint density at radius 2 is 1.79 bits per heavy atom. The normalized spacial score (nSPS) is 13.5. The summed E-state index contributed by atoms with van der Waals surface area (Å²) in [6.07, 6.45) is -3.34. The van der Waals surface area contributed by atoms with Crippen LogP contribution in [0.2, 0.25) is 0 Å². The first kappa shape index (κ1) is 15.1. The van der Waals surface area contributed by atoms with E-state index in [4.69, 9.17) is 0 Å². The Bertz CT molecular complexity index is 482. The number of carbonyl (C=O) groups excluding carboxylic acids is 2. The standard InChI is InChI=1S/C13H16O6/c1-7-4-5-8(12(16)18-2)9(6-7)10(14)11(15)13(17)19-3/h4-6,10-11,14-15H,1-3H3. The Balaban J connectivity index is 3.20. The van der Waals surface area contributed by atoms with Crippen LogP contribution in [0.4, 0.5) is 0 Å². The maximum Gasteiger partial charge on any atom is 0.338 e. The zero-order valence-electron chi connectivity index (χ0n) is 10.9. The van der Waals surface area contributed by atoms with Gasteiger partial charge in [0.05, 0.1) is 19.8 Å². The van der Waals surface area contributed by atoms with E-state index in [0.717, 1.165) is 12.7 Å². The average Bonchev–Trinajstić information content (AvgIpc) is 2.43. The number of rotatable bonds is 4. The summed E-state index contributed by atoms with van der Waals surface area (Å²) in [6.45, 7) is 1.75. The number of benzene rings is 1. The first-order valence-corrected chi connectivity index (χ1v) is 5.55. The Hall–Kier alpha value is -1.92. The van der Waals surface area contributed by atoms with Crippen molar-refractivity contribution in [1.29, 1.82) is 0 Å². The smallest absolute Gasteiger partial charge is 0.338 e. The van der Waals surface area contributed by atoms with Crippen LogP contribution in [0.1, 0.15) is 27.6 Å². The van der Waals surface area contributed by atoms with Gasteiger partial charge < -0.3 is 19.7 Å². The van der Waals surface area contributed by atoms with Gasteiger partial charge in [-0.05, 0) is 18.6 Å². The number of esters is 2. The second-order valence-electron chi connectivity index (χ2n) is 4.00. The van der Waals surface area contributed by atoms with E-state index in [2.05, 4.69) is 9.47 Å². The number of hydrogen-bond donors (Lipinski definition) is 2. The van der Waals surface area contributed by atoms with E-state index in [-0.39, 0.29) is 11.1 Å². The number of aliphatic hydroxyl groups excluding tert-OH is 2. The molecule has 0 aliphatic carbocycles. The molecular weight excluding hydrogens is 252 g/mol. The molecule has 0 saturated heterocycles. The molecule has 0 aromatic heterocycles. The fraction of sp³-hybridized carbons (Fsp3) is 0.385. The van der Waals surface area contributed by atoms with Crippen LogP contribution in [0.25, 0.3) is 0 Å². The van der Waals surface area contributed by atoms with Gasteiger partial charge in [-0.25, -0.2) is 9.59 Å². The van der Waals surface area contributed by atoms with Gasteiger partial charge in [-0.2, -0.15) is 0 Å². The zero-order valence-corrected chi connectivity index (χ0v) is 10.9. The highest BCUT2D eigenvalue weighted by molar-refractivity contribution is 5.91. The van der Waals surface area contributed by atoms with Gasteiger partial charge in [0.1, 0.15) is 6.10 Å². The van der Waals surface area contributed by atoms with Crippen LogP contribution < -0.4 is 0 Å². The minimum absolute atomic E-state index is 0.0866. The van der Waals surface area contributed by atoms with E-state index in [1.807, 2.05) is 0 Å². The molecular formula is C13H16O6. The summed E-state index contributed by atoms with van der Waals surface area (Å²) in [6, 6.07) is 4.62. The fourth-order valence-electron chi connectivity index (χ4n) is 1.64. The Labute approximate surface area is 110 Å². The number of methoxy groups -OCH3 is 2. The number of ether oxygens (including phenoxy) is 2. The van der Waals surface area contributed by atoms with E-state index in [1.165, 1.54) is 19.2 Å². The molecule has 0 aliphatic rings. The van der Waals surface area contributed by atoms with E-state index in [1.54, 1.807) is 13.0 Å². The van der Waals surface area contributed by atoms with E-state index in [0.29, 0.717) is 0 Å². The molecule has 0 spiro atoms. The molecule has 6 heteroatoms. The molecule has 0 fully saturated rings. The minimum atomic E-state index is -1.77. The third kappa shape index (κ3) is 3.30. The molecule has 0 heterocycles. The lowest BCUT2D eigenvalue weighted by Gasteiger charge is -2.18. The van der Waals surface area contributed by atoms with Gasteiger partial charge in [0.15, 0.2) is 6.10 Å². The predicted octanol–water partition coefficient (Wildman–Crippen LogP) is 0.349. The average molecular weight is 268 g/mol. The Kier molecular flexibility index (Phi) is 5.02.